The number of methoxy groups -OCH3 is 1. The number of carboxylic acids is 1. The molecule has 1 saturated heterocycles. The lowest BCUT2D eigenvalue weighted by Crippen LogP contribution is -2.30. The molecule has 12 heteroatoms. The van der Waals surface area contributed by atoms with Crippen LogP contribution in [0, 0.1) is 0 Å². The SMILES string of the molecule is COc1ccc(N2C(=S)N[C@H](c3ccccn3)[C@H]2c2cccn2-c2ccc(C(=O)O)cc2)cc1NS(C)(=O)=O. The number of pyridine rings is 1. The van der Waals surface area contributed by atoms with Gasteiger partial charge in [0.2, 0.25) is 10.0 Å². The molecule has 4 aromatic rings. The first-order chi connectivity index (χ1) is 18.7. The van der Waals surface area contributed by atoms with Crippen molar-refractivity contribution in [2.24, 2.45) is 0 Å². The first-order valence-electron chi connectivity index (χ1n) is 11.8. The molecule has 2 aromatic heterocycles. The van der Waals surface area contributed by atoms with Crippen LogP contribution in [0.3, 0.4) is 0 Å². The second-order valence-electron chi connectivity index (χ2n) is 8.91. The Morgan fingerprint density at radius 2 is 1.82 bits per heavy atom. The van der Waals surface area contributed by atoms with E-state index in [1.165, 1.54) is 7.11 Å². The van der Waals surface area contributed by atoms with Gasteiger partial charge in [-0.15, -0.1) is 0 Å². The minimum atomic E-state index is -3.58. The molecule has 0 amide bonds. The van der Waals surface area contributed by atoms with E-state index in [0.717, 1.165) is 23.3 Å². The summed E-state index contributed by atoms with van der Waals surface area (Å²) in [6.45, 7) is 0. The van der Waals surface area contributed by atoms with Crippen LogP contribution in [-0.4, -0.2) is 47.5 Å². The Balaban J connectivity index is 1.65. The van der Waals surface area contributed by atoms with Gasteiger partial charge in [0.15, 0.2) is 5.11 Å². The van der Waals surface area contributed by atoms with Gasteiger partial charge in [0.1, 0.15) is 11.8 Å². The fourth-order valence-electron chi connectivity index (χ4n) is 4.69. The molecule has 10 nitrogen and oxygen atoms in total. The van der Waals surface area contributed by atoms with Crippen LogP contribution in [0.15, 0.2) is 85.2 Å². The van der Waals surface area contributed by atoms with Gasteiger partial charge in [0.25, 0.3) is 0 Å². The lowest BCUT2D eigenvalue weighted by molar-refractivity contribution is 0.0697. The van der Waals surface area contributed by atoms with E-state index in [1.807, 2.05) is 52.1 Å². The van der Waals surface area contributed by atoms with Gasteiger partial charge in [0, 0.05) is 29.5 Å². The predicted octanol–water partition coefficient (Wildman–Crippen LogP) is 4.13. The number of thiocarbonyl (C=S) groups is 1. The first-order valence-corrected chi connectivity index (χ1v) is 14.1. The Kier molecular flexibility index (Phi) is 6.98. The highest BCUT2D eigenvalue weighted by atomic mass is 32.2. The third kappa shape index (κ3) is 5.29. The Morgan fingerprint density at radius 1 is 1.08 bits per heavy atom. The van der Waals surface area contributed by atoms with Crippen LogP contribution in [0.25, 0.3) is 5.69 Å². The van der Waals surface area contributed by atoms with Crippen molar-refractivity contribution in [2.75, 3.05) is 23.0 Å². The highest BCUT2D eigenvalue weighted by Gasteiger charge is 2.42. The molecular weight excluding hydrogens is 538 g/mol. The molecule has 0 aliphatic carbocycles. The van der Waals surface area contributed by atoms with E-state index in [4.69, 9.17) is 17.0 Å². The average molecular weight is 564 g/mol. The number of hydrogen-bond donors (Lipinski definition) is 3. The van der Waals surface area contributed by atoms with E-state index in [2.05, 4.69) is 15.0 Å². The van der Waals surface area contributed by atoms with Crippen molar-refractivity contribution in [3.63, 3.8) is 0 Å². The van der Waals surface area contributed by atoms with Crippen LogP contribution >= 0.6 is 12.2 Å². The van der Waals surface area contributed by atoms with Crippen LogP contribution in [0.1, 0.15) is 33.8 Å². The van der Waals surface area contributed by atoms with Crippen molar-refractivity contribution in [1.29, 1.82) is 0 Å². The highest BCUT2D eigenvalue weighted by Crippen LogP contribution is 2.43. The number of aromatic carboxylic acids is 1. The number of nitrogens with one attached hydrogen (secondary N) is 2. The van der Waals surface area contributed by atoms with Gasteiger partial charge >= 0.3 is 5.97 Å². The molecule has 0 bridgehead atoms. The summed E-state index contributed by atoms with van der Waals surface area (Å²) in [4.78, 5) is 17.9. The monoisotopic (exact) mass is 563 g/mol. The molecule has 1 fully saturated rings. The number of hydrogen-bond acceptors (Lipinski definition) is 6. The number of carbonyl (C=O) groups is 1. The van der Waals surface area contributed by atoms with Crippen LogP contribution in [0.5, 0.6) is 5.75 Å². The number of aromatic nitrogens is 2. The van der Waals surface area contributed by atoms with Crippen molar-refractivity contribution in [1.82, 2.24) is 14.9 Å². The van der Waals surface area contributed by atoms with Crippen molar-refractivity contribution >= 4 is 44.7 Å². The summed E-state index contributed by atoms with van der Waals surface area (Å²) >= 11 is 5.81. The number of benzene rings is 2. The highest BCUT2D eigenvalue weighted by molar-refractivity contribution is 7.92. The number of carboxylic acid groups (broad SMARTS) is 1. The number of rotatable bonds is 8. The van der Waals surface area contributed by atoms with Gasteiger partial charge in [0.05, 0.1) is 36.4 Å². The fraction of sp³-hybridized carbons (Fsp3) is 0.148. The van der Waals surface area contributed by atoms with Gasteiger partial charge < -0.3 is 24.6 Å². The third-order valence-corrected chi connectivity index (χ3v) is 7.24. The van der Waals surface area contributed by atoms with Crippen LogP contribution in [0.4, 0.5) is 11.4 Å². The van der Waals surface area contributed by atoms with Gasteiger partial charge in [-0.25, -0.2) is 13.2 Å². The Bertz CT molecular complexity index is 1640. The fourth-order valence-corrected chi connectivity index (χ4v) is 5.60. The molecule has 3 N–H and O–H groups in total. The number of ether oxygens (including phenoxy) is 1. The Labute approximate surface area is 230 Å². The van der Waals surface area contributed by atoms with Gasteiger partial charge in [-0.2, -0.15) is 0 Å². The van der Waals surface area contributed by atoms with Gasteiger partial charge in [-0.1, -0.05) is 6.07 Å². The molecule has 3 heterocycles. The first kappa shape index (κ1) is 26.2. The molecule has 0 unspecified atom stereocenters. The third-order valence-electron chi connectivity index (χ3n) is 6.33. The molecule has 0 saturated carbocycles. The molecule has 200 valence electrons. The Morgan fingerprint density at radius 3 is 2.46 bits per heavy atom. The molecule has 2 atom stereocenters. The van der Waals surface area contributed by atoms with Crippen LogP contribution < -0.4 is 19.7 Å². The van der Waals surface area contributed by atoms with Gasteiger partial charge in [-0.3, -0.25) is 9.71 Å². The zero-order valence-corrected chi connectivity index (χ0v) is 22.6. The molecule has 1 aliphatic heterocycles. The summed E-state index contributed by atoms with van der Waals surface area (Å²) in [7, 11) is -2.11. The number of nitrogens with zero attached hydrogens (tertiary/aromatic N) is 3. The molecule has 0 spiro atoms. The standard InChI is InChI=1S/C27H25N5O5S2/c1-37-23-13-12-19(16-21(23)30-39(2,35)36)32-25(24(29-27(32)38)20-6-3-4-14-28-20)22-7-5-15-31(22)18-10-8-17(9-11-18)26(33)34/h3-16,24-25,30H,1-2H3,(H,29,38)(H,33,34)/t24-,25-/m1/s1. The second-order valence-corrected chi connectivity index (χ2v) is 11.0. The minimum Gasteiger partial charge on any atom is -0.495 e. The zero-order chi connectivity index (χ0) is 27.7. The van der Waals surface area contributed by atoms with E-state index in [0.29, 0.717) is 16.5 Å². The van der Waals surface area contributed by atoms with Crippen molar-refractivity contribution in [3.05, 3.63) is 102 Å². The average Bonchev–Trinajstić information content (AvgIpc) is 3.52. The minimum absolute atomic E-state index is 0.188. The summed E-state index contributed by atoms with van der Waals surface area (Å²) in [5.74, 6) is -0.638. The molecular formula is C27H25N5O5S2. The second kappa shape index (κ2) is 10.4. The van der Waals surface area contributed by atoms with Crippen molar-refractivity contribution in [2.45, 2.75) is 12.1 Å². The molecule has 2 aromatic carbocycles. The maximum Gasteiger partial charge on any atom is 0.335 e. The molecule has 5 rings (SSSR count). The van der Waals surface area contributed by atoms with E-state index < -0.39 is 22.0 Å². The number of anilines is 2. The van der Waals surface area contributed by atoms with E-state index in [1.54, 1.807) is 42.6 Å². The normalized spacial score (nSPS) is 17.1. The summed E-state index contributed by atoms with van der Waals surface area (Å²) in [6.07, 6.45) is 4.68. The van der Waals surface area contributed by atoms with Crippen LogP contribution in [0.2, 0.25) is 0 Å². The lowest BCUT2D eigenvalue weighted by Gasteiger charge is -2.29. The van der Waals surface area contributed by atoms with Crippen LogP contribution in [-0.2, 0) is 10.0 Å². The predicted molar refractivity (Wildman–Crippen MR) is 152 cm³/mol. The van der Waals surface area contributed by atoms with E-state index >= 15 is 0 Å². The van der Waals surface area contributed by atoms with E-state index in [9.17, 15) is 18.3 Å². The largest absolute Gasteiger partial charge is 0.495 e. The summed E-state index contributed by atoms with van der Waals surface area (Å²) in [5.41, 5.74) is 3.50. The maximum atomic E-state index is 12.1. The summed E-state index contributed by atoms with van der Waals surface area (Å²) in [6, 6.07) is 20.5. The van der Waals surface area contributed by atoms with Gasteiger partial charge in [-0.05, 0) is 78.9 Å². The summed E-state index contributed by atoms with van der Waals surface area (Å²) < 4.78 is 34.0. The van der Waals surface area contributed by atoms with E-state index in [-0.39, 0.29) is 17.3 Å². The molecule has 0 radical (unpaired) electrons. The topological polar surface area (TPSA) is 126 Å². The molecule has 39 heavy (non-hydrogen) atoms. The lowest BCUT2D eigenvalue weighted by atomic mass is 10.0. The van der Waals surface area contributed by atoms with Crippen molar-refractivity contribution < 1.29 is 23.1 Å². The zero-order valence-electron chi connectivity index (χ0n) is 21.0. The summed E-state index contributed by atoms with van der Waals surface area (Å²) in [5, 5.41) is 13.1. The molecule has 1 aliphatic rings. The van der Waals surface area contributed by atoms with Crippen molar-refractivity contribution in [3.8, 4) is 11.4 Å². The quantitative estimate of drug-likeness (QED) is 0.271. The number of sulfonamides is 1. The Hall–Kier alpha value is -4.42. The smallest absolute Gasteiger partial charge is 0.335 e. The maximum absolute atomic E-state index is 12.1.